The first-order valence-corrected chi connectivity index (χ1v) is 3.97. The van der Waals surface area contributed by atoms with Crippen molar-refractivity contribution < 1.29 is 9.52 Å². The maximum atomic E-state index is 10.8. The Morgan fingerprint density at radius 2 is 2.15 bits per heavy atom. The maximum absolute atomic E-state index is 10.8. The fraction of sp³-hybridized carbons (Fsp3) is 0. The van der Waals surface area contributed by atoms with E-state index in [1.807, 2.05) is 0 Å². The van der Waals surface area contributed by atoms with Crippen molar-refractivity contribution in [3.05, 3.63) is 39.7 Å². The summed E-state index contributed by atoms with van der Waals surface area (Å²) < 4.78 is 4.49. The summed E-state index contributed by atoms with van der Waals surface area (Å²) in [7, 11) is 0. The maximum Gasteiger partial charge on any atom is 0.339 e. The largest absolute Gasteiger partial charge is 0.480 e. The van der Waals surface area contributed by atoms with Crippen molar-refractivity contribution in [3.8, 4) is 5.95 Å². The molecular weight excluding hydrogens is 192 g/mol. The molecule has 0 aliphatic carbocycles. The zero-order valence-electron chi connectivity index (χ0n) is 6.45. The molecule has 66 valence electrons. The van der Waals surface area contributed by atoms with Crippen molar-refractivity contribution in [1.29, 1.82) is 0 Å². The molecule has 1 heterocycles. The van der Waals surface area contributed by atoms with Gasteiger partial charge in [0.1, 0.15) is 0 Å². The van der Waals surface area contributed by atoms with Crippen LogP contribution in [0.5, 0.6) is 5.95 Å². The predicted molar refractivity (Wildman–Crippen MR) is 49.2 cm³/mol. The van der Waals surface area contributed by atoms with Crippen molar-refractivity contribution in [2.75, 3.05) is 0 Å². The minimum Gasteiger partial charge on any atom is -0.480 e. The number of hydrogen-bond acceptors (Lipinski definition) is 3. The van der Waals surface area contributed by atoms with Crippen LogP contribution in [0.3, 0.4) is 0 Å². The van der Waals surface area contributed by atoms with Gasteiger partial charge in [0.25, 0.3) is 5.95 Å². The van der Waals surface area contributed by atoms with E-state index in [1.165, 1.54) is 6.07 Å². The van der Waals surface area contributed by atoms with Gasteiger partial charge in [0.05, 0.1) is 10.4 Å². The molecule has 3 nitrogen and oxygen atoms in total. The van der Waals surface area contributed by atoms with E-state index in [2.05, 4.69) is 4.42 Å². The fourth-order valence-electron chi connectivity index (χ4n) is 1.19. The minimum absolute atomic E-state index is 0.360. The molecule has 2 rings (SSSR count). The zero-order chi connectivity index (χ0) is 9.42. The van der Waals surface area contributed by atoms with Gasteiger partial charge in [0.2, 0.25) is 0 Å². The molecule has 0 saturated carbocycles. The van der Waals surface area contributed by atoms with E-state index < -0.39 is 11.6 Å². The van der Waals surface area contributed by atoms with Crippen molar-refractivity contribution in [2.24, 2.45) is 0 Å². The van der Waals surface area contributed by atoms with Gasteiger partial charge in [-0.1, -0.05) is 23.7 Å². The summed E-state index contributed by atoms with van der Waals surface area (Å²) in [5, 5.41) is 10.6. The lowest BCUT2D eigenvalue weighted by molar-refractivity contribution is 0.317. The van der Waals surface area contributed by atoms with Crippen LogP contribution >= 0.6 is 11.6 Å². The Hall–Kier alpha value is -1.48. The van der Waals surface area contributed by atoms with Crippen LogP contribution in [-0.2, 0) is 0 Å². The van der Waals surface area contributed by atoms with Gasteiger partial charge in [-0.15, -0.1) is 0 Å². The summed E-state index contributed by atoms with van der Waals surface area (Å²) >= 11 is 5.79. The topological polar surface area (TPSA) is 50.4 Å². The highest BCUT2D eigenvalue weighted by atomic mass is 35.5. The van der Waals surface area contributed by atoms with E-state index >= 15 is 0 Å². The van der Waals surface area contributed by atoms with Crippen LogP contribution in [0.25, 0.3) is 10.8 Å². The molecule has 1 aromatic heterocycles. The highest BCUT2D eigenvalue weighted by molar-refractivity contribution is 6.35. The summed E-state index contributed by atoms with van der Waals surface area (Å²) in [5.74, 6) is -0.437. The van der Waals surface area contributed by atoms with E-state index in [1.54, 1.807) is 18.2 Å². The molecule has 0 radical (unpaired) electrons. The van der Waals surface area contributed by atoms with E-state index in [4.69, 9.17) is 11.6 Å². The number of halogens is 1. The van der Waals surface area contributed by atoms with Crippen LogP contribution in [0.2, 0.25) is 5.02 Å². The molecule has 0 aliphatic rings. The van der Waals surface area contributed by atoms with Gasteiger partial charge >= 0.3 is 5.63 Å². The van der Waals surface area contributed by atoms with Crippen molar-refractivity contribution in [1.82, 2.24) is 0 Å². The predicted octanol–water partition coefficient (Wildman–Crippen LogP) is 2.15. The Kier molecular flexibility index (Phi) is 1.74. The Labute approximate surface area is 78.2 Å². The van der Waals surface area contributed by atoms with E-state index in [0.29, 0.717) is 15.8 Å². The van der Waals surface area contributed by atoms with E-state index in [9.17, 15) is 9.90 Å². The van der Waals surface area contributed by atoms with E-state index in [0.717, 1.165) is 0 Å². The molecule has 2 aromatic rings. The first-order chi connectivity index (χ1) is 6.18. The standard InChI is InChI=1S/C9H5ClO3/c10-6-3-1-2-5-4-7(11)13-9(12)8(5)6/h1-4,12H. The first-order valence-electron chi connectivity index (χ1n) is 3.60. The highest BCUT2D eigenvalue weighted by Gasteiger charge is 2.06. The first kappa shape index (κ1) is 8.13. The lowest BCUT2D eigenvalue weighted by atomic mass is 10.2. The van der Waals surface area contributed by atoms with Gasteiger partial charge in [0.15, 0.2) is 0 Å². The average molecular weight is 197 g/mol. The molecule has 1 aromatic carbocycles. The lowest BCUT2D eigenvalue weighted by Gasteiger charge is -1.99. The summed E-state index contributed by atoms with van der Waals surface area (Å²) in [5.41, 5.74) is -0.590. The molecule has 0 atom stereocenters. The molecule has 0 aliphatic heterocycles. The van der Waals surface area contributed by atoms with Crippen LogP contribution in [0.4, 0.5) is 0 Å². The third kappa shape index (κ3) is 1.27. The number of aromatic hydroxyl groups is 1. The molecule has 13 heavy (non-hydrogen) atoms. The monoisotopic (exact) mass is 196 g/mol. The second-order valence-corrected chi connectivity index (χ2v) is 2.98. The Balaban J connectivity index is 3.03. The highest BCUT2D eigenvalue weighted by Crippen LogP contribution is 2.29. The summed E-state index contributed by atoms with van der Waals surface area (Å²) in [6, 6.07) is 6.27. The van der Waals surface area contributed by atoms with Gasteiger partial charge in [-0.3, -0.25) is 0 Å². The SMILES string of the molecule is O=c1cc2cccc(Cl)c2c(O)o1. The van der Waals surface area contributed by atoms with Gasteiger partial charge < -0.3 is 9.52 Å². The molecule has 0 fully saturated rings. The third-order valence-electron chi connectivity index (χ3n) is 1.73. The zero-order valence-corrected chi connectivity index (χ0v) is 7.21. The number of hydrogen-bond donors (Lipinski definition) is 1. The Morgan fingerprint density at radius 3 is 2.92 bits per heavy atom. The smallest absolute Gasteiger partial charge is 0.339 e. The second-order valence-electron chi connectivity index (χ2n) is 2.57. The minimum atomic E-state index is -0.590. The van der Waals surface area contributed by atoms with Crippen LogP contribution in [0, 0.1) is 0 Å². The summed E-state index contributed by atoms with van der Waals surface area (Å²) in [6.45, 7) is 0. The molecule has 0 amide bonds. The molecule has 0 spiro atoms. The second kappa shape index (κ2) is 2.78. The van der Waals surface area contributed by atoms with Crippen molar-refractivity contribution >= 4 is 22.4 Å². The number of fused-ring (bicyclic) bond motifs is 1. The van der Waals surface area contributed by atoms with Crippen LogP contribution in [0.1, 0.15) is 0 Å². The lowest BCUT2D eigenvalue weighted by Crippen LogP contribution is -1.95. The van der Waals surface area contributed by atoms with Crippen molar-refractivity contribution in [3.63, 3.8) is 0 Å². The van der Waals surface area contributed by atoms with Gasteiger partial charge in [-0.25, -0.2) is 4.79 Å². The number of benzene rings is 1. The fourth-order valence-corrected chi connectivity index (χ4v) is 1.45. The number of rotatable bonds is 0. The third-order valence-corrected chi connectivity index (χ3v) is 2.05. The molecule has 1 N–H and O–H groups in total. The Morgan fingerprint density at radius 1 is 1.38 bits per heavy atom. The molecule has 0 unspecified atom stereocenters. The van der Waals surface area contributed by atoms with Crippen LogP contribution in [0.15, 0.2) is 33.5 Å². The summed E-state index contributed by atoms with van der Waals surface area (Å²) in [6.07, 6.45) is 0. The van der Waals surface area contributed by atoms with Gasteiger partial charge in [0, 0.05) is 6.07 Å². The quantitative estimate of drug-likeness (QED) is 0.703. The molecular formula is C9H5ClO3. The normalized spacial score (nSPS) is 10.5. The average Bonchev–Trinajstić information content (AvgIpc) is 2.02. The molecule has 4 heteroatoms. The van der Waals surface area contributed by atoms with Gasteiger partial charge in [-0.2, -0.15) is 0 Å². The van der Waals surface area contributed by atoms with Crippen LogP contribution in [-0.4, -0.2) is 5.11 Å². The summed E-state index contributed by atoms with van der Waals surface area (Å²) in [4.78, 5) is 10.8. The van der Waals surface area contributed by atoms with E-state index in [-0.39, 0.29) is 0 Å². The Bertz CT molecular complexity index is 516. The molecule has 0 bridgehead atoms. The van der Waals surface area contributed by atoms with Crippen molar-refractivity contribution in [2.45, 2.75) is 0 Å². The van der Waals surface area contributed by atoms with Gasteiger partial charge in [-0.05, 0) is 11.5 Å². The molecule has 0 saturated heterocycles. The van der Waals surface area contributed by atoms with Crippen LogP contribution < -0.4 is 5.63 Å².